The van der Waals surface area contributed by atoms with Gasteiger partial charge in [0.2, 0.25) is 5.88 Å². The molecule has 1 saturated heterocycles. The monoisotopic (exact) mass is 647 g/mol. The molecule has 46 heavy (non-hydrogen) atoms. The summed E-state index contributed by atoms with van der Waals surface area (Å²) in [5.41, 5.74) is 3.85. The van der Waals surface area contributed by atoms with Gasteiger partial charge in [-0.2, -0.15) is 5.10 Å². The zero-order valence-electron chi connectivity index (χ0n) is 25.5. The fraction of sp³-hybridized carbons (Fsp3) is 0.303. The average Bonchev–Trinajstić information content (AvgIpc) is 3.07. The molecule has 2 aromatic carbocycles. The van der Waals surface area contributed by atoms with Crippen LogP contribution in [0.3, 0.4) is 0 Å². The summed E-state index contributed by atoms with van der Waals surface area (Å²) in [6.07, 6.45) is 2.11. The summed E-state index contributed by atoms with van der Waals surface area (Å²) in [6.45, 7) is 3.87. The van der Waals surface area contributed by atoms with E-state index in [0.717, 1.165) is 47.4 Å². The molecule has 0 amide bonds. The number of alkyl halides is 2. The summed E-state index contributed by atoms with van der Waals surface area (Å²) in [7, 11) is 3.05. The molecule has 13 heteroatoms. The van der Waals surface area contributed by atoms with Crippen LogP contribution in [0.2, 0.25) is 5.02 Å². The Morgan fingerprint density at radius 2 is 1.83 bits per heavy atom. The fourth-order valence-electron chi connectivity index (χ4n) is 5.56. The molecule has 10 nitrogen and oxygen atoms in total. The number of hydrogen-bond acceptors (Lipinski definition) is 9. The van der Waals surface area contributed by atoms with Gasteiger partial charge in [-0.1, -0.05) is 41.9 Å². The van der Waals surface area contributed by atoms with Crippen LogP contribution in [0.5, 0.6) is 5.88 Å². The third-order valence-corrected chi connectivity index (χ3v) is 8.51. The van der Waals surface area contributed by atoms with Crippen LogP contribution in [0.25, 0.3) is 33.2 Å². The number of pyridine rings is 1. The normalized spacial score (nSPS) is 13.8. The quantitative estimate of drug-likeness (QED) is 0.188. The first-order valence-corrected chi connectivity index (χ1v) is 15.1. The van der Waals surface area contributed by atoms with Gasteiger partial charge in [0.1, 0.15) is 17.2 Å². The van der Waals surface area contributed by atoms with Crippen molar-refractivity contribution >= 4 is 33.9 Å². The summed E-state index contributed by atoms with van der Waals surface area (Å²) in [6, 6.07) is 12.7. The van der Waals surface area contributed by atoms with Crippen molar-refractivity contribution < 1.29 is 18.3 Å². The number of anilines is 2. The Balaban J connectivity index is 1.34. The van der Waals surface area contributed by atoms with Crippen LogP contribution in [0.1, 0.15) is 36.2 Å². The Hall–Kier alpha value is -4.52. The Bertz CT molecular complexity index is 1970. The summed E-state index contributed by atoms with van der Waals surface area (Å²) in [4.78, 5) is 26.5. The van der Waals surface area contributed by atoms with Crippen LogP contribution in [0.4, 0.5) is 20.3 Å². The molecule has 0 bridgehead atoms. The van der Waals surface area contributed by atoms with Crippen LogP contribution in [0.15, 0.2) is 59.7 Å². The van der Waals surface area contributed by atoms with Gasteiger partial charge in [-0.25, -0.2) is 23.4 Å². The summed E-state index contributed by atoms with van der Waals surface area (Å²) < 4.78 is 39.6. The largest absolute Gasteiger partial charge is 0.480 e. The highest BCUT2D eigenvalue weighted by Crippen LogP contribution is 2.40. The first-order valence-electron chi connectivity index (χ1n) is 14.8. The van der Waals surface area contributed by atoms with Crippen molar-refractivity contribution in [1.82, 2.24) is 30.0 Å². The molecule has 1 aliphatic heterocycles. The lowest BCUT2D eigenvalue weighted by Crippen LogP contribution is -2.34. The van der Waals surface area contributed by atoms with Crippen LogP contribution in [-0.4, -0.2) is 51.1 Å². The molecule has 1 aliphatic rings. The minimum atomic E-state index is -2.83. The summed E-state index contributed by atoms with van der Waals surface area (Å²) >= 11 is 7.03. The van der Waals surface area contributed by atoms with Crippen molar-refractivity contribution in [3.8, 4) is 28.3 Å². The number of nitrogens with one attached hydrogen (secondary N) is 2. The number of benzene rings is 2. The Morgan fingerprint density at radius 1 is 1.09 bits per heavy atom. The smallest absolute Gasteiger partial charge is 0.280 e. The first kappa shape index (κ1) is 31.5. The van der Waals surface area contributed by atoms with E-state index in [1.54, 1.807) is 19.4 Å². The average molecular weight is 648 g/mol. The lowest BCUT2D eigenvalue weighted by Gasteiger charge is -2.23. The van der Waals surface area contributed by atoms with Gasteiger partial charge in [0.25, 0.3) is 12.0 Å². The van der Waals surface area contributed by atoms with Gasteiger partial charge in [0, 0.05) is 55.0 Å². The van der Waals surface area contributed by atoms with E-state index in [2.05, 4.69) is 25.7 Å². The standard InChI is InChI=1S/C33H32ClF2N7O3/c1-18-21(6-5-9-24(18)40-31-28-19(14-25(41-31)30(35)36)15-39-43(2)33(28)44)22-7-4-8-23(29(22)34)26-16-38-27(32(42-26)45-3)17-37-20-10-12-46-13-11-20/h4-9,14-16,20,30,37H,10-13,17H2,1-3H3,(H,40,41). The molecule has 0 saturated carbocycles. The maximum absolute atomic E-state index is 13.7. The van der Waals surface area contributed by atoms with Crippen molar-refractivity contribution in [2.75, 3.05) is 25.6 Å². The second-order valence-corrected chi connectivity index (χ2v) is 11.4. The maximum Gasteiger partial charge on any atom is 0.280 e. The van der Waals surface area contributed by atoms with Crippen LogP contribution >= 0.6 is 11.6 Å². The predicted octanol–water partition coefficient (Wildman–Crippen LogP) is 6.37. The number of aryl methyl sites for hydroxylation is 1. The zero-order chi connectivity index (χ0) is 32.4. The van der Waals surface area contributed by atoms with E-state index in [1.165, 1.54) is 19.3 Å². The highest BCUT2D eigenvalue weighted by Gasteiger charge is 2.20. The third kappa shape index (κ3) is 6.28. The highest BCUT2D eigenvalue weighted by atomic mass is 35.5. The molecule has 0 spiro atoms. The van der Waals surface area contributed by atoms with Crippen molar-refractivity contribution in [3.05, 3.63) is 87.2 Å². The molecular weight excluding hydrogens is 616 g/mol. The lowest BCUT2D eigenvalue weighted by molar-refractivity contribution is 0.0774. The fourth-order valence-corrected chi connectivity index (χ4v) is 5.88. The number of rotatable bonds is 9. The van der Waals surface area contributed by atoms with E-state index in [1.807, 2.05) is 37.3 Å². The molecule has 238 valence electrons. The van der Waals surface area contributed by atoms with Crippen molar-refractivity contribution in [2.45, 2.75) is 38.8 Å². The molecular formula is C33H32ClF2N7O3. The molecule has 6 rings (SSSR count). The predicted molar refractivity (Wildman–Crippen MR) is 173 cm³/mol. The van der Waals surface area contributed by atoms with Gasteiger partial charge in [-0.05, 0) is 43.0 Å². The van der Waals surface area contributed by atoms with E-state index >= 15 is 0 Å². The Kier molecular flexibility index (Phi) is 9.20. The van der Waals surface area contributed by atoms with Crippen molar-refractivity contribution in [3.63, 3.8) is 0 Å². The van der Waals surface area contributed by atoms with E-state index in [9.17, 15) is 13.6 Å². The number of ether oxygens (including phenoxy) is 2. The van der Waals surface area contributed by atoms with Gasteiger partial charge in [-0.3, -0.25) is 9.78 Å². The number of hydrogen-bond donors (Lipinski definition) is 2. The summed E-state index contributed by atoms with van der Waals surface area (Å²) in [5, 5.41) is 11.5. The molecule has 3 aromatic heterocycles. The number of nitrogens with zero attached hydrogens (tertiary/aromatic N) is 5. The minimum Gasteiger partial charge on any atom is -0.480 e. The van der Waals surface area contributed by atoms with E-state index in [4.69, 9.17) is 26.1 Å². The van der Waals surface area contributed by atoms with E-state index in [-0.39, 0.29) is 16.6 Å². The van der Waals surface area contributed by atoms with Crippen LogP contribution in [-0.2, 0) is 18.3 Å². The number of fused-ring (bicyclic) bond motifs is 1. The first-order chi connectivity index (χ1) is 22.2. The molecule has 4 heterocycles. The SMILES string of the molecule is COc1nc(-c2cccc(-c3cccc(Nc4nc(C(F)F)cc5cnn(C)c(=O)c45)c3C)c2Cl)cnc1CNC1CCOCC1. The van der Waals surface area contributed by atoms with Gasteiger partial charge >= 0.3 is 0 Å². The molecule has 0 aliphatic carbocycles. The summed E-state index contributed by atoms with van der Waals surface area (Å²) in [5.74, 6) is 0.428. The van der Waals surface area contributed by atoms with Crippen molar-refractivity contribution in [2.24, 2.45) is 7.05 Å². The third-order valence-electron chi connectivity index (χ3n) is 8.11. The molecule has 0 atom stereocenters. The molecule has 0 unspecified atom stereocenters. The van der Waals surface area contributed by atoms with Gasteiger partial charge in [0.15, 0.2) is 0 Å². The minimum absolute atomic E-state index is 0.0182. The van der Waals surface area contributed by atoms with Crippen LogP contribution in [0, 0.1) is 6.92 Å². The van der Waals surface area contributed by atoms with E-state index < -0.39 is 17.7 Å². The Labute approximate surface area is 268 Å². The highest BCUT2D eigenvalue weighted by molar-refractivity contribution is 6.36. The number of aromatic nitrogens is 5. The maximum atomic E-state index is 13.7. The Morgan fingerprint density at radius 3 is 2.59 bits per heavy atom. The van der Waals surface area contributed by atoms with Gasteiger partial charge in [-0.15, -0.1) is 0 Å². The van der Waals surface area contributed by atoms with E-state index in [0.29, 0.717) is 46.1 Å². The second kappa shape index (κ2) is 13.5. The molecule has 2 N–H and O–H groups in total. The lowest BCUT2D eigenvalue weighted by atomic mass is 9.96. The number of halogens is 3. The molecule has 0 radical (unpaired) electrons. The molecule has 5 aromatic rings. The number of methoxy groups -OCH3 is 1. The second-order valence-electron chi connectivity index (χ2n) is 11.0. The van der Waals surface area contributed by atoms with Crippen molar-refractivity contribution in [1.29, 1.82) is 0 Å². The zero-order valence-corrected chi connectivity index (χ0v) is 26.2. The van der Waals surface area contributed by atoms with Gasteiger partial charge < -0.3 is 20.1 Å². The molecule has 1 fully saturated rings. The van der Waals surface area contributed by atoms with Gasteiger partial charge in [0.05, 0.1) is 35.6 Å². The van der Waals surface area contributed by atoms with Crippen LogP contribution < -0.4 is 20.9 Å². The topological polar surface area (TPSA) is 116 Å².